The summed E-state index contributed by atoms with van der Waals surface area (Å²) in [5.74, 6) is -1.01. The van der Waals surface area contributed by atoms with E-state index in [1.54, 1.807) is 0 Å². The molecule has 0 aliphatic carbocycles. The zero-order valence-corrected chi connectivity index (χ0v) is 6.65. The Labute approximate surface area is 66.3 Å². The average Bonchev–Trinajstić information content (AvgIpc) is 1.84. The molecule has 0 rings (SSSR count). The van der Waals surface area contributed by atoms with E-state index in [0.717, 1.165) is 0 Å². The van der Waals surface area contributed by atoms with E-state index < -0.39 is 12.0 Å². The molecule has 0 spiro atoms. The summed E-state index contributed by atoms with van der Waals surface area (Å²) in [6, 6.07) is -0.894. The maximum atomic E-state index is 10.1. The Kier molecular flexibility index (Phi) is 6.40. The molecule has 0 aromatic carbocycles. The molecule has 1 atom stereocenters. The van der Waals surface area contributed by atoms with E-state index in [4.69, 9.17) is 10.8 Å². The third-order valence-electron chi connectivity index (χ3n) is 1.16. The monoisotopic (exact) mass is 165 g/mol. The molecule has 0 aliphatic heterocycles. The Hall–Kier alpha value is -0.540. The van der Waals surface area contributed by atoms with Gasteiger partial charge < -0.3 is 10.8 Å². The van der Waals surface area contributed by atoms with Gasteiger partial charge in [-0.1, -0.05) is 13.5 Å². The van der Waals surface area contributed by atoms with Crippen molar-refractivity contribution in [2.45, 2.75) is 19.4 Å². The molecule has 3 N–H and O–H groups in total. The summed E-state index contributed by atoms with van der Waals surface area (Å²) in [5, 5.41) is 8.30. The van der Waals surface area contributed by atoms with Crippen molar-refractivity contribution in [1.82, 2.24) is 0 Å². The quantitative estimate of drug-likeness (QED) is 0.608. The zero-order valence-electron chi connectivity index (χ0n) is 5.83. The van der Waals surface area contributed by atoms with Crippen LogP contribution in [0, 0.1) is 0 Å². The standard InChI is InChI=1S/C6H11NO2.ClH/c1-3-4(2)5(7)6(8)9;/h5H,2-3,7H2,1H3,(H,8,9);1H. The van der Waals surface area contributed by atoms with Gasteiger partial charge in [0.2, 0.25) is 0 Å². The van der Waals surface area contributed by atoms with Gasteiger partial charge >= 0.3 is 5.97 Å². The van der Waals surface area contributed by atoms with Crippen LogP contribution in [0.5, 0.6) is 0 Å². The summed E-state index contributed by atoms with van der Waals surface area (Å²) >= 11 is 0. The highest BCUT2D eigenvalue weighted by Crippen LogP contribution is 2.00. The second-order valence-electron chi connectivity index (χ2n) is 1.83. The Morgan fingerprint density at radius 2 is 2.20 bits per heavy atom. The van der Waals surface area contributed by atoms with Gasteiger partial charge in [0.15, 0.2) is 0 Å². The third kappa shape index (κ3) is 3.48. The Bertz CT molecular complexity index is 136. The highest BCUT2D eigenvalue weighted by molar-refractivity contribution is 5.85. The molecule has 0 aromatic rings. The first-order valence-electron chi connectivity index (χ1n) is 2.75. The van der Waals surface area contributed by atoms with Crippen LogP contribution in [0.2, 0.25) is 0 Å². The van der Waals surface area contributed by atoms with Gasteiger partial charge in [0.1, 0.15) is 6.04 Å². The predicted molar refractivity (Wildman–Crippen MR) is 42.3 cm³/mol. The van der Waals surface area contributed by atoms with Gasteiger partial charge in [-0.15, -0.1) is 12.4 Å². The van der Waals surface area contributed by atoms with Crippen LogP contribution in [-0.2, 0) is 4.79 Å². The lowest BCUT2D eigenvalue weighted by atomic mass is 10.1. The number of halogens is 1. The molecular weight excluding hydrogens is 154 g/mol. The van der Waals surface area contributed by atoms with Gasteiger partial charge in [0.25, 0.3) is 0 Å². The minimum absolute atomic E-state index is 0. The molecule has 0 aromatic heterocycles. The first kappa shape index (κ1) is 12.2. The van der Waals surface area contributed by atoms with E-state index in [2.05, 4.69) is 6.58 Å². The van der Waals surface area contributed by atoms with Crippen LogP contribution in [0.25, 0.3) is 0 Å². The van der Waals surface area contributed by atoms with E-state index in [1.807, 2.05) is 6.92 Å². The minimum atomic E-state index is -1.01. The summed E-state index contributed by atoms with van der Waals surface area (Å²) in [6.07, 6.45) is 0.619. The smallest absolute Gasteiger partial charge is 0.324 e. The molecule has 0 aliphatic rings. The topological polar surface area (TPSA) is 63.3 Å². The lowest BCUT2D eigenvalue weighted by molar-refractivity contribution is -0.137. The maximum Gasteiger partial charge on any atom is 0.324 e. The van der Waals surface area contributed by atoms with Crippen molar-refractivity contribution >= 4 is 18.4 Å². The highest BCUT2D eigenvalue weighted by Gasteiger charge is 2.12. The molecule has 3 nitrogen and oxygen atoms in total. The average molecular weight is 166 g/mol. The number of hydrogen-bond acceptors (Lipinski definition) is 2. The molecule has 1 unspecified atom stereocenters. The van der Waals surface area contributed by atoms with E-state index in [9.17, 15) is 4.79 Å². The molecular formula is C6H12ClNO2. The van der Waals surface area contributed by atoms with Gasteiger partial charge in [0, 0.05) is 0 Å². The van der Waals surface area contributed by atoms with Crippen LogP contribution in [0.3, 0.4) is 0 Å². The lowest BCUT2D eigenvalue weighted by Crippen LogP contribution is -2.31. The van der Waals surface area contributed by atoms with Gasteiger partial charge in [-0.3, -0.25) is 4.79 Å². The van der Waals surface area contributed by atoms with Crippen molar-refractivity contribution in [2.75, 3.05) is 0 Å². The maximum absolute atomic E-state index is 10.1. The highest BCUT2D eigenvalue weighted by atomic mass is 35.5. The van der Waals surface area contributed by atoms with Crippen LogP contribution in [0.15, 0.2) is 12.2 Å². The van der Waals surface area contributed by atoms with Crippen molar-refractivity contribution < 1.29 is 9.90 Å². The Morgan fingerprint density at radius 1 is 1.80 bits per heavy atom. The van der Waals surface area contributed by atoms with Crippen molar-refractivity contribution in [3.63, 3.8) is 0 Å². The molecule has 0 heterocycles. The summed E-state index contributed by atoms with van der Waals surface area (Å²) in [7, 11) is 0. The number of hydrogen-bond donors (Lipinski definition) is 2. The molecule has 4 heteroatoms. The van der Waals surface area contributed by atoms with E-state index in [0.29, 0.717) is 12.0 Å². The number of carboxylic acid groups (broad SMARTS) is 1. The van der Waals surface area contributed by atoms with Crippen molar-refractivity contribution in [3.8, 4) is 0 Å². The fraction of sp³-hybridized carbons (Fsp3) is 0.500. The fourth-order valence-electron chi connectivity index (χ4n) is 0.395. The van der Waals surface area contributed by atoms with Crippen molar-refractivity contribution in [1.29, 1.82) is 0 Å². The fourth-order valence-corrected chi connectivity index (χ4v) is 0.395. The van der Waals surface area contributed by atoms with Crippen LogP contribution in [-0.4, -0.2) is 17.1 Å². The lowest BCUT2D eigenvalue weighted by Gasteiger charge is -2.05. The molecule has 0 saturated heterocycles. The first-order valence-corrected chi connectivity index (χ1v) is 2.75. The van der Waals surface area contributed by atoms with Crippen molar-refractivity contribution in [3.05, 3.63) is 12.2 Å². The number of rotatable bonds is 3. The SMILES string of the molecule is C=C(CC)C(N)C(=O)O.Cl. The third-order valence-corrected chi connectivity index (χ3v) is 1.16. The van der Waals surface area contributed by atoms with E-state index >= 15 is 0 Å². The van der Waals surface area contributed by atoms with Crippen LogP contribution in [0.4, 0.5) is 0 Å². The number of carbonyl (C=O) groups is 1. The van der Waals surface area contributed by atoms with E-state index in [1.165, 1.54) is 0 Å². The molecule has 60 valence electrons. The summed E-state index contributed by atoms with van der Waals surface area (Å²) in [5.41, 5.74) is 5.73. The van der Waals surface area contributed by atoms with Crippen LogP contribution in [0.1, 0.15) is 13.3 Å². The van der Waals surface area contributed by atoms with Gasteiger partial charge in [-0.25, -0.2) is 0 Å². The number of aliphatic carboxylic acids is 1. The second kappa shape index (κ2) is 5.26. The Morgan fingerprint density at radius 3 is 2.30 bits per heavy atom. The molecule has 0 fully saturated rings. The zero-order chi connectivity index (χ0) is 7.44. The second-order valence-corrected chi connectivity index (χ2v) is 1.83. The molecule has 0 saturated carbocycles. The molecule has 10 heavy (non-hydrogen) atoms. The molecule has 0 radical (unpaired) electrons. The number of carboxylic acids is 1. The molecule has 0 bridgehead atoms. The van der Waals surface area contributed by atoms with E-state index in [-0.39, 0.29) is 12.4 Å². The molecule has 0 amide bonds. The largest absolute Gasteiger partial charge is 0.480 e. The minimum Gasteiger partial charge on any atom is -0.480 e. The summed E-state index contributed by atoms with van der Waals surface area (Å²) in [4.78, 5) is 10.1. The van der Waals surface area contributed by atoms with Crippen molar-refractivity contribution in [2.24, 2.45) is 5.73 Å². The van der Waals surface area contributed by atoms with Crippen LogP contribution < -0.4 is 5.73 Å². The summed E-state index contributed by atoms with van der Waals surface area (Å²) in [6.45, 7) is 5.31. The van der Waals surface area contributed by atoms with Gasteiger partial charge in [-0.2, -0.15) is 0 Å². The number of nitrogens with two attached hydrogens (primary N) is 1. The van der Waals surface area contributed by atoms with Gasteiger partial charge in [0.05, 0.1) is 0 Å². The van der Waals surface area contributed by atoms with Gasteiger partial charge in [-0.05, 0) is 12.0 Å². The summed E-state index contributed by atoms with van der Waals surface area (Å²) < 4.78 is 0. The Balaban J connectivity index is 0. The first-order chi connectivity index (χ1) is 4.09. The van der Waals surface area contributed by atoms with Crippen LogP contribution >= 0.6 is 12.4 Å². The predicted octanol–water partition coefficient (Wildman–Crippen LogP) is 0.786. The normalized spacial score (nSPS) is 11.4.